The van der Waals surface area contributed by atoms with Crippen LogP contribution in [0, 0.1) is 13.8 Å². The average Bonchev–Trinajstić information content (AvgIpc) is 2.50. The Morgan fingerprint density at radius 2 is 1.88 bits per heavy atom. The van der Waals surface area contributed by atoms with Crippen molar-refractivity contribution in [1.82, 2.24) is 10.2 Å². The van der Waals surface area contributed by atoms with Gasteiger partial charge in [-0.3, -0.25) is 9.89 Å². The van der Waals surface area contributed by atoms with Crippen molar-refractivity contribution in [3.8, 4) is 0 Å². The van der Waals surface area contributed by atoms with Gasteiger partial charge in [0.05, 0.1) is 6.54 Å². The minimum atomic E-state index is 0. The second kappa shape index (κ2) is 10.1. The first-order chi connectivity index (χ1) is 11.0. The summed E-state index contributed by atoms with van der Waals surface area (Å²) in [5.74, 6) is 0.550. The Bertz CT molecular complexity index is 536. The third kappa shape index (κ3) is 6.12. The van der Waals surface area contributed by atoms with Crippen molar-refractivity contribution in [1.29, 1.82) is 0 Å². The molecule has 5 nitrogen and oxygen atoms in total. The Morgan fingerprint density at radius 1 is 1.21 bits per heavy atom. The quantitative estimate of drug-likeness (QED) is 0.415. The number of aliphatic imine (C=N–C) groups is 1. The molecule has 1 heterocycles. The van der Waals surface area contributed by atoms with E-state index < -0.39 is 0 Å². The van der Waals surface area contributed by atoms with Crippen LogP contribution in [0.4, 0.5) is 5.69 Å². The number of benzene rings is 1. The largest absolute Gasteiger partial charge is 0.370 e. The Morgan fingerprint density at radius 3 is 2.50 bits per heavy atom. The van der Waals surface area contributed by atoms with Gasteiger partial charge in [0.15, 0.2) is 5.96 Å². The number of aryl methyl sites for hydroxylation is 1. The Balaban J connectivity index is 0.00000288. The highest BCUT2D eigenvalue weighted by atomic mass is 127. The van der Waals surface area contributed by atoms with Crippen LogP contribution in [0.3, 0.4) is 0 Å². The molecule has 0 spiro atoms. The number of hydrogen-bond acceptors (Lipinski definition) is 3. The minimum Gasteiger partial charge on any atom is -0.370 e. The monoisotopic (exact) mass is 445 g/mol. The molecule has 24 heavy (non-hydrogen) atoms. The molecule has 0 radical (unpaired) electrons. The molecule has 6 heteroatoms. The van der Waals surface area contributed by atoms with Crippen molar-refractivity contribution in [3.05, 3.63) is 29.3 Å². The Kier molecular flexibility index (Phi) is 8.83. The second-order valence-electron chi connectivity index (χ2n) is 6.61. The van der Waals surface area contributed by atoms with Gasteiger partial charge in [-0.1, -0.05) is 12.1 Å². The number of nitrogens with zero attached hydrogens (tertiary/aromatic N) is 3. The summed E-state index contributed by atoms with van der Waals surface area (Å²) in [6, 6.07) is 6.91. The maximum absolute atomic E-state index is 5.83. The van der Waals surface area contributed by atoms with Crippen molar-refractivity contribution < 1.29 is 0 Å². The molecule has 0 saturated carbocycles. The molecule has 0 unspecified atom stereocenters. The molecular weight excluding hydrogens is 413 g/mol. The Hall–Kier alpha value is -1.02. The van der Waals surface area contributed by atoms with E-state index in [1.165, 1.54) is 16.8 Å². The second-order valence-corrected chi connectivity index (χ2v) is 6.61. The lowest BCUT2D eigenvalue weighted by molar-refractivity contribution is 0.265. The fraction of sp³-hybridized carbons (Fsp3) is 0.611. The lowest BCUT2D eigenvalue weighted by Crippen LogP contribution is -2.47. The van der Waals surface area contributed by atoms with Gasteiger partial charge in [-0.05, 0) is 44.9 Å². The first-order valence-electron chi connectivity index (χ1n) is 8.57. The molecule has 1 aliphatic rings. The minimum absolute atomic E-state index is 0. The molecule has 1 fully saturated rings. The van der Waals surface area contributed by atoms with Crippen LogP contribution in [-0.4, -0.2) is 56.2 Å². The van der Waals surface area contributed by atoms with Crippen LogP contribution < -0.4 is 16.0 Å². The fourth-order valence-electron chi connectivity index (χ4n) is 2.94. The molecule has 0 amide bonds. The van der Waals surface area contributed by atoms with Gasteiger partial charge in [0.2, 0.25) is 0 Å². The number of nitrogens with one attached hydrogen (secondary N) is 1. The van der Waals surface area contributed by atoms with Crippen LogP contribution in [0.25, 0.3) is 0 Å². The third-order valence-corrected chi connectivity index (χ3v) is 4.42. The van der Waals surface area contributed by atoms with Crippen molar-refractivity contribution in [2.45, 2.75) is 33.7 Å². The van der Waals surface area contributed by atoms with Crippen LogP contribution in [0.2, 0.25) is 0 Å². The topological polar surface area (TPSA) is 56.9 Å². The summed E-state index contributed by atoms with van der Waals surface area (Å²) in [5, 5.41) is 3.12. The zero-order chi connectivity index (χ0) is 16.8. The highest BCUT2D eigenvalue weighted by molar-refractivity contribution is 14.0. The SMILES string of the molecule is Cc1cccc(N2CCN(CCN=C(N)NC(C)C)CC2)c1C.I. The number of hydrogen-bond donors (Lipinski definition) is 2. The summed E-state index contributed by atoms with van der Waals surface area (Å²) in [6.07, 6.45) is 0. The summed E-state index contributed by atoms with van der Waals surface area (Å²) in [4.78, 5) is 9.35. The Labute approximate surface area is 163 Å². The van der Waals surface area contributed by atoms with E-state index in [4.69, 9.17) is 5.73 Å². The van der Waals surface area contributed by atoms with E-state index in [1.807, 2.05) is 0 Å². The molecule has 1 aliphatic heterocycles. The number of rotatable bonds is 5. The summed E-state index contributed by atoms with van der Waals surface area (Å²) >= 11 is 0. The number of piperazine rings is 1. The molecular formula is C18H32IN5. The molecule has 2 rings (SSSR count). The van der Waals surface area contributed by atoms with Gasteiger partial charge >= 0.3 is 0 Å². The van der Waals surface area contributed by atoms with Gasteiger partial charge < -0.3 is 16.0 Å². The van der Waals surface area contributed by atoms with Crippen molar-refractivity contribution in [3.63, 3.8) is 0 Å². The summed E-state index contributed by atoms with van der Waals surface area (Å²) in [6.45, 7) is 14.6. The molecule has 1 aromatic carbocycles. The number of halogens is 1. The highest BCUT2D eigenvalue weighted by Crippen LogP contribution is 2.23. The zero-order valence-electron chi connectivity index (χ0n) is 15.4. The third-order valence-electron chi connectivity index (χ3n) is 4.42. The van der Waals surface area contributed by atoms with Gasteiger partial charge in [-0.25, -0.2) is 0 Å². The first-order valence-corrected chi connectivity index (χ1v) is 8.57. The van der Waals surface area contributed by atoms with Crippen LogP contribution in [0.1, 0.15) is 25.0 Å². The summed E-state index contributed by atoms with van der Waals surface area (Å²) in [7, 11) is 0. The van der Waals surface area contributed by atoms with Crippen molar-refractivity contribution in [2.24, 2.45) is 10.7 Å². The van der Waals surface area contributed by atoms with Gasteiger partial charge in [0.1, 0.15) is 0 Å². The van der Waals surface area contributed by atoms with Gasteiger partial charge in [0.25, 0.3) is 0 Å². The maximum Gasteiger partial charge on any atom is 0.188 e. The van der Waals surface area contributed by atoms with E-state index in [-0.39, 0.29) is 24.0 Å². The fourth-order valence-corrected chi connectivity index (χ4v) is 2.94. The highest BCUT2D eigenvalue weighted by Gasteiger charge is 2.18. The number of nitrogens with two attached hydrogens (primary N) is 1. The zero-order valence-corrected chi connectivity index (χ0v) is 17.7. The molecule has 0 aromatic heterocycles. The van der Waals surface area contributed by atoms with E-state index >= 15 is 0 Å². The smallest absolute Gasteiger partial charge is 0.188 e. The number of anilines is 1. The van der Waals surface area contributed by atoms with Crippen molar-refractivity contribution >= 4 is 35.6 Å². The molecule has 1 saturated heterocycles. The van der Waals surface area contributed by atoms with Gasteiger partial charge in [-0.2, -0.15) is 0 Å². The van der Waals surface area contributed by atoms with Crippen LogP contribution in [-0.2, 0) is 0 Å². The van der Waals surface area contributed by atoms with Crippen LogP contribution >= 0.6 is 24.0 Å². The lowest BCUT2D eigenvalue weighted by Gasteiger charge is -2.36. The van der Waals surface area contributed by atoms with E-state index in [0.29, 0.717) is 12.0 Å². The molecule has 1 aromatic rings. The predicted octanol–water partition coefficient (Wildman–Crippen LogP) is 2.36. The first kappa shape index (κ1) is 21.0. The standard InChI is InChI=1S/C18H31N5.HI/c1-14(2)21-18(19)20-8-9-22-10-12-23(13-11-22)17-7-5-6-15(3)16(17)4;/h5-7,14H,8-13H2,1-4H3,(H3,19,20,21);1H. The molecule has 0 bridgehead atoms. The van der Waals surface area contributed by atoms with Gasteiger partial charge in [-0.15, -0.1) is 24.0 Å². The molecule has 0 aliphatic carbocycles. The summed E-state index contributed by atoms with van der Waals surface area (Å²) in [5.41, 5.74) is 9.98. The van der Waals surface area contributed by atoms with Crippen LogP contribution in [0.15, 0.2) is 23.2 Å². The normalized spacial score (nSPS) is 16.2. The van der Waals surface area contributed by atoms with E-state index in [9.17, 15) is 0 Å². The molecule has 0 atom stereocenters. The predicted molar refractivity (Wildman–Crippen MR) is 115 cm³/mol. The van der Waals surface area contributed by atoms with E-state index in [1.54, 1.807) is 0 Å². The van der Waals surface area contributed by atoms with Crippen LogP contribution in [0.5, 0.6) is 0 Å². The average molecular weight is 445 g/mol. The maximum atomic E-state index is 5.83. The van der Waals surface area contributed by atoms with E-state index in [2.05, 4.69) is 66.0 Å². The molecule has 3 N–H and O–H groups in total. The van der Waals surface area contributed by atoms with E-state index in [0.717, 1.165) is 39.3 Å². The molecule has 136 valence electrons. The lowest BCUT2D eigenvalue weighted by atomic mass is 10.1. The number of guanidine groups is 1. The van der Waals surface area contributed by atoms with Crippen molar-refractivity contribution in [2.75, 3.05) is 44.2 Å². The van der Waals surface area contributed by atoms with Gasteiger partial charge in [0, 0.05) is 44.5 Å². The summed E-state index contributed by atoms with van der Waals surface area (Å²) < 4.78 is 0.